The van der Waals surface area contributed by atoms with Gasteiger partial charge in [0.2, 0.25) is 0 Å². The minimum Gasteiger partial charge on any atom is -0.496 e. The van der Waals surface area contributed by atoms with E-state index in [9.17, 15) is 4.79 Å². The summed E-state index contributed by atoms with van der Waals surface area (Å²) in [5.74, 6) is 0.234. The monoisotopic (exact) mass is 258 g/mol. The van der Waals surface area contributed by atoms with Crippen LogP contribution in [0.5, 0.6) is 11.5 Å². The lowest BCUT2D eigenvalue weighted by atomic mass is 10.0. The number of ether oxygens (including phenoxy) is 2. The zero-order chi connectivity index (χ0) is 13.8. The first-order chi connectivity index (χ1) is 9.17. The molecule has 1 N–H and O–H groups in total. The highest BCUT2D eigenvalue weighted by Gasteiger charge is 2.13. The second-order valence-corrected chi connectivity index (χ2v) is 3.92. The molecule has 0 saturated heterocycles. The number of methoxy groups -OCH3 is 2. The Labute approximate surface area is 111 Å². The third kappa shape index (κ3) is 2.52. The molecule has 0 amide bonds. The first-order valence-electron chi connectivity index (χ1n) is 5.72. The summed E-state index contributed by atoms with van der Waals surface area (Å²) >= 11 is 0. The van der Waals surface area contributed by atoms with Crippen LogP contribution in [0.2, 0.25) is 0 Å². The topological polar surface area (TPSA) is 55.8 Å². The summed E-state index contributed by atoms with van der Waals surface area (Å²) in [7, 11) is 3.11. The molecule has 98 valence electrons. The number of para-hydroxylation sites is 1. The van der Waals surface area contributed by atoms with Crippen molar-refractivity contribution in [3.05, 3.63) is 48.0 Å². The van der Waals surface area contributed by atoms with E-state index in [1.807, 2.05) is 24.3 Å². The molecule has 4 heteroatoms. The van der Waals surface area contributed by atoms with Crippen molar-refractivity contribution in [3.8, 4) is 22.6 Å². The van der Waals surface area contributed by atoms with Crippen LogP contribution in [0.1, 0.15) is 10.4 Å². The molecular formula is C15H14O4. The lowest BCUT2D eigenvalue weighted by Gasteiger charge is -2.12. The minimum atomic E-state index is -0.982. The highest BCUT2D eigenvalue weighted by molar-refractivity contribution is 5.90. The number of hydrogen-bond acceptors (Lipinski definition) is 3. The van der Waals surface area contributed by atoms with Gasteiger partial charge in [0, 0.05) is 11.1 Å². The van der Waals surface area contributed by atoms with Crippen LogP contribution < -0.4 is 9.47 Å². The molecule has 0 spiro atoms. The molecule has 0 heterocycles. The molecule has 0 atom stereocenters. The lowest BCUT2D eigenvalue weighted by Crippen LogP contribution is -1.98. The molecule has 2 rings (SSSR count). The van der Waals surface area contributed by atoms with Gasteiger partial charge in [-0.2, -0.15) is 0 Å². The van der Waals surface area contributed by atoms with Gasteiger partial charge in [0.1, 0.15) is 11.5 Å². The summed E-state index contributed by atoms with van der Waals surface area (Å²) in [4.78, 5) is 11.0. The van der Waals surface area contributed by atoms with E-state index in [1.165, 1.54) is 13.2 Å². The van der Waals surface area contributed by atoms with E-state index in [4.69, 9.17) is 14.6 Å². The van der Waals surface area contributed by atoms with E-state index in [0.717, 1.165) is 11.1 Å². The standard InChI is InChI=1S/C15H14O4/c1-18-13-6-4-3-5-11(13)12-8-7-10(15(16)17)9-14(12)19-2/h3-9H,1-2H3,(H,16,17). The second kappa shape index (κ2) is 5.44. The molecule has 4 nitrogen and oxygen atoms in total. The average molecular weight is 258 g/mol. The fraction of sp³-hybridized carbons (Fsp3) is 0.133. The van der Waals surface area contributed by atoms with Crippen LogP contribution in [-0.2, 0) is 0 Å². The lowest BCUT2D eigenvalue weighted by molar-refractivity contribution is 0.0696. The van der Waals surface area contributed by atoms with Crippen LogP contribution >= 0.6 is 0 Å². The Morgan fingerprint density at radius 2 is 1.58 bits per heavy atom. The molecule has 2 aromatic carbocycles. The Bertz CT molecular complexity index is 605. The zero-order valence-corrected chi connectivity index (χ0v) is 10.7. The summed E-state index contributed by atoms with van der Waals surface area (Å²) in [6.07, 6.45) is 0. The number of carbonyl (C=O) groups is 1. The fourth-order valence-corrected chi connectivity index (χ4v) is 1.91. The predicted octanol–water partition coefficient (Wildman–Crippen LogP) is 3.07. The van der Waals surface area contributed by atoms with E-state index in [2.05, 4.69) is 0 Å². The molecule has 0 radical (unpaired) electrons. The van der Waals surface area contributed by atoms with Crippen molar-refractivity contribution in [3.63, 3.8) is 0 Å². The normalized spacial score (nSPS) is 10.0. The number of carboxylic acid groups (broad SMARTS) is 1. The summed E-state index contributed by atoms with van der Waals surface area (Å²) in [6, 6.07) is 12.3. The molecule has 0 aromatic heterocycles. The average Bonchev–Trinajstić information content (AvgIpc) is 2.46. The van der Waals surface area contributed by atoms with Gasteiger partial charge in [0.05, 0.1) is 19.8 Å². The van der Waals surface area contributed by atoms with Gasteiger partial charge < -0.3 is 14.6 Å². The van der Waals surface area contributed by atoms with Gasteiger partial charge in [0.15, 0.2) is 0 Å². The number of hydrogen-bond donors (Lipinski definition) is 1. The number of aromatic carboxylic acids is 1. The van der Waals surface area contributed by atoms with Crippen molar-refractivity contribution in [2.75, 3.05) is 14.2 Å². The van der Waals surface area contributed by atoms with Crippen LogP contribution in [-0.4, -0.2) is 25.3 Å². The zero-order valence-electron chi connectivity index (χ0n) is 10.7. The van der Waals surface area contributed by atoms with E-state index >= 15 is 0 Å². The van der Waals surface area contributed by atoms with Gasteiger partial charge in [-0.25, -0.2) is 4.79 Å². The maximum absolute atomic E-state index is 11.0. The Kier molecular flexibility index (Phi) is 3.71. The number of rotatable bonds is 4. The van der Waals surface area contributed by atoms with Crippen molar-refractivity contribution < 1.29 is 19.4 Å². The predicted molar refractivity (Wildman–Crippen MR) is 71.9 cm³/mol. The van der Waals surface area contributed by atoms with Crippen molar-refractivity contribution in [2.45, 2.75) is 0 Å². The minimum absolute atomic E-state index is 0.190. The smallest absolute Gasteiger partial charge is 0.335 e. The van der Waals surface area contributed by atoms with Gasteiger partial charge >= 0.3 is 5.97 Å². The van der Waals surface area contributed by atoms with Gasteiger partial charge in [-0.1, -0.05) is 18.2 Å². The van der Waals surface area contributed by atoms with E-state index < -0.39 is 5.97 Å². The fourth-order valence-electron chi connectivity index (χ4n) is 1.91. The van der Waals surface area contributed by atoms with Crippen molar-refractivity contribution in [2.24, 2.45) is 0 Å². The first-order valence-corrected chi connectivity index (χ1v) is 5.72. The van der Waals surface area contributed by atoms with Gasteiger partial charge in [-0.05, 0) is 24.3 Å². The van der Waals surface area contributed by atoms with Crippen molar-refractivity contribution in [1.82, 2.24) is 0 Å². The Balaban J connectivity index is 2.59. The first kappa shape index (κ1) is 13.0. The Morgan fingerprint density at radius 3 is 2.21 bits per heavy atom. The molecule has 0 aliphatic heterocycles. The van der Waals surface area contributed by atoms with E-state index in [1.54, 1.807) is 19.2 Å². The highest BCUT2D eigenvalue weighted by atomic mass is 16.5. The molecule has 0 unspecified atom stereocenters. The third-order valence-electron chi connectivity index (χ3n) is 2.85. The third-order valence-corrected chi connectivity index (χ3v) is 2.85. The van der Waals surface area contributed by atoms with Crippen molar-refractivity contribution in [1.29, 1.82) is 0 Å². The molecule has 0 fully saturated rings. The van der Waals surface area contributed by atoms with Gasteiger partial charge in [-0.3, -0.25) is 0 Å². The number of benzene rings is 2. The maximum atomic E-state index is 11.0. The summed E-state index contributed by atoms with van der Waals surface area (Å²) in [6.45, 7) is 0. The highest BCUT2D eigenvalue weighted by Crippen LogP contribution is 2.36. The molecular weight excluding hydrogens is 244 g/mol. The van der Waals surface area contributed by atoms with Crippen LogP contribution in [0, 0.1) is 0 Å². The summed E-state index contributed by atoms with van der Waals surface area (Å²) < 4.78 is 10.6. The van der Waals surface area contributed by atoms with Crippen LogP contribution in [0.4, 0.5) is 0 Å². The van der Waals surface area contributed by atoms with Crippen LogP contribution in [0.3, 0.4) is 0 Å². The van der Waals surface area contributed by atoms with Crippen LogP contribution in [0.25, 0.3) is 11.1 Å². The molecule has 19 heavy (non-hydrogen) atoms. The van der Waals surface area contributed by atoms with E-state index in [-0.39, 0.29) is 5.56 Å². The van der Waals surface area contributed by atoms with Crippen LogP contribution in [0.15, 0.2) is 42.5 Å². The SMILES string of the molecule is COc1ccccc1-c1ccc(C(=O)O)cc1OC. The molecule has 0 aliphatic rings. The van der Waals surface area contributed by atoms with E-state index in [0.29, 0.717) is 11.5 Å². The quantitative estimate of drug-likeness (QED) is 0.915. The second-order valence-electron chi connectivity index (χ2n) is 3.92. The molecule has 0 bridgehead atoms. The molecule has 0 saturated carbocycles. The molecule has 0 aliphatic carbocycles. The van der Waals surface area contributed by atoms with Gasteiger partial charge in [0.25, 0.3) is 0 Å². The molecule has 2 aromatic rings. The largest absolute Gasteiger partial charge is 0.496 e. The van der Waals surface area contributed by atoms with Crippen molar-refractivity contribution >= 4 is 5.97 Å². The maximum Gasteiger partial charge on any atom is 0.335 e. The summed E-state index contributed by atoms with van der Waals surface area (Å²) in [5, 5.41) is 8.99. The Morgan fingerprint density at radius 1 is 0.947 bits per heavy atom. The Hall–Kier alpha value is -2.49. The summed E-state index contributed by atoms with van der Waals surface area (Å²) in [5.41, 5.74) is 1.85. The number of carboxylic acids is 1. The van der Waals surface area contributed by atoms with Gasteiger partial charge in [-0.15, -0.1) is 0 Å².